The van der Waals surface area contributed by atoms with Crippen LogP contribution in [0.5, 0.6) is 0 Å². The Morgan fingerprint density at radius 2 is 1.30 bits per heavy atom. The number of nitrogens with zero attached hydrogens (tertiary/aromatic N) is 2. The lowest BCUT2D eigenvalue weighted by molar-refractivity contribution is 0.0614. The summed E-state index contributed by atoms with van der Waals surface area (Å²) in [6.45, 7) is 0. The second kappa shape index (κ2) is 7.78. The Balaban J connectivity index is 1.80. The van der Waals surface area contributed by atoms with Crippen LogP contribution in [0.2, 0.25) is 0 Å². The molecule has 1 saturated heterocycles. The fourth-order valence-corrected chi connectivity index (χ4v) is 5.74. The number of thioether (sulfide) groups is 1. The molecule has 0 radical (unpaired) electrons. The second-order valence-electron chi connectivity index (χ2n) is 7.81. The zero-order valence-electron chi connectivity index (χ0n) is 16.7. The zero-order chi connectivity index (χ0) is 20.4. The van der Waals surface area contributed by atoms with Crippen molar-refractivity contribution < 1.29 is 5.11 Å². The molecule has 4 heteroatoms. The second-order valence-corrected chi connectivity index (χ2v) is 8.91. The van der Waals surface area contributed by atoms with Crippen LogP contribution in [0.15, 0.2) is 104 Å². The third-order valence-corrected chi connectivity index (χ3v) is 7.20. The van der Waals surface area contributed by atoms with Crippen LogP contribution in [0.1, 0.15) is 28.8 Å². The fraction of sp³-hybridized carbons (Fsp3) is 0.192. The summed E-state index contributed by atoms with van der Waals surface area (Å²) in [7, 11) is 0. The summed E-state index contributed by atoms with van der Waals surface area (Å²) in [4.78, 5) is 4.71. The molecule has 0 spiro atoms. The maximum Gasteiger partial charge on any atom is 0.121 e. The van der Waals surface area contributed by atoms with E-state index in [2.05, 4.69) is 77.4 Å². The van der Waals surface area contributed by atoms with E-state index in [9.17, 15) is 5.11 Å². The highest BCUT2D eigenvalue weighted by Crippen LogP contribution is 2.42. The van der Waals surface area contributed by atoms with E-state index in [1.54, 1.807) is 11.8 Å². The molecule has 4 aromatic rings. The third kappa shape index (κ3) is 3.08. The molecule has 3 aromatic carbocycles. The Bertz CT molecular complexity index is 1010. The topological polar surface area (TPSA) is 38.0 Å². The lowest BCUT2D eigenvalue weighted by Crippen LogP contribution is -2.37. The highest BCUT2D eigenvalue weighted by atomic mass is 32.2. The molecule has 1 unspecified atom stereocenters. The van der Waals surface area contributed by atoms with Crippen LogP contribution < -0.4 is 0 Å². The summed E-state index contributed by atoms with van der Waals surface area (Å²) in [6.07, 6.45) is 4.66. The van der Waals surface area contributed by atoms with E-state index in [1.807, 2.05) is 30.7 Å². The molecule has 1 atom stereocenters. The quantitative estimate of drug-likeness (QED) is 0.466. The Morgan fingerprint density at radius 1 is 0.800 bits per heavy atom. The molecule has 0 bridgehead atoms. The van der Waals surface area contributed by atoms with Crippen molar-refractivity contribution in [1.29, 1.82) is 0 Å². The molecule has 0 amide bonds. The van der Waals surface area contributed by atoms with Crippen molar-refractivity contribution in [2.24, 2.45) is 0 Å². The highest BCUT2D eigenvalue weighted by Gasteiger charge is 2.41. The van der Waals surface area contributed by atoms with E-state index < -0.39 is 11.1 Å². The lowest BCUT2D eigenvalue weighted by Gasteiger charge is -2.37. The summed E-state index contributed by atoms with van der Waals surface area (Å²) in [6, 6.07) is 31.6. The van der Waals surface area contributed by atoms with Crippen molar-refractivity contribution >= 4 is 11.8 Å². The largest absolute Gasteiger partial charge is 0.383 e. The van der Waals surface area contributed by atoms with Crippen molar-refractivity contribution in [3.05, 3.63) is 126 Å². The molecule has 150 valence electrons. The SMILES string of the molecule is OC1(c2cn(C(c3ccccc3)(c3ccccc3)c3ccccc3)cn2)CCSC1. The van der Waals surface area contributed by atoms with E-state index in [1.165, 1.54) is 0 Å². The first-order valence-electron chi connectivity index (χ1n) is 10.3. The van der Waals surface area contributed by atoms with Crippen molar-refractivity contribution in [2.45, 2.75) is 17.6 Å². The van der Waals surface area contributed by atoms with Crippen LogP contribution in [0, 0.1) is 0 Å². The average molecular weight is 413 g/mol. The third-order valence-electron chi connectivity index (χ3n) is 6.02. The molecule has 1 fully saturated rings. The minimum absolute atomic E-state index is 0.586. The monoisotopic (exact) mass is 412 g/mol. The summed E-state index contributed by atoms with van der Waals surface area (Å²) >= 11 is 1.78. The standard InChI is InChI=1S/C26H24N2OS/c29-25(16-17-30-19-25)24-18-28(20-27-24)26(21-10-4-1-5-11-21,22-12-6-2-7-13-22)23-14-8-3-9-15-23/h1-15,18,20,29H,16-17,19H2. The minimum atomic E-state index is -0.855. The summed E-state index contributed by atoms with van der Waals surface area (Å²) < 4.78 is 2.17. The van der Waals surface area contributed by atoms with Gasteiger partial charge in [-0.1, -0.05) is 91.0 Å². The minimum Gasteiger partial charge on any atom is -0.383 e. The highest BCUT2D eigenvalue weighted by molar-refractivity contribution is 7.99. The van der Waals surface area contributed by atoms with Crippen molar-refractivity contribution in [2.75, 3.05) is 11.5 Å². The first kappa shape index (κ1) is 19.2. The van der Waals surface area contributed by atoms with Gasteiger partial charge in [0.1, 0.15) is 11.1 Å². The van der Waals surface area contributed by atoms with Gasteiger partial charge in [-0.05, 0) is 28.9 Å². The maximum absolute atomic E-state index is 11.2. The Kier molecular flexibility index (Phi) is 4.97. The van der Waals surface area contributed by atoms with Gasteiger partial charge >= 0.3 is 0 Å². The molecule has 5 rings (SSSR count). The van der Waals surface area contributed by atoms with Crippen molar-refractivity contribution in [3.8, 4) is 0 Å². The molecule has 0 saturated carbocycles. The Morgan fingerprint density at radius 3 is 1.73 bits per heavy atom. The van der Waals surface area contributed by atoms with Gasteiger partial charge in [0.2, 0.25) is 0 Å². The molecule has 1 N–H and O–H groups in total. The van der Waals surface area contributed by atoms with Crippen molar-refractivity contribution in [3.63, 3.8) is 0 Å². The van der Waals surface area contributed by atoms with Crippen LogP contribution in [0.25, 0.3) is 0 Å². The van der Waals surface area contributed by atoms with E-state index in [0.29, 0.717) is 5.75 Å². The number of aromatic nitrogens is 2. The molecule has 30 heavy (non-hydrogen) atoms. The number of aliphatic hydroxyl groups is 1. The van der Waals surface area contributed by atoms with Gasteiger partial charge in [0.25, 0.3) is 0 Å². The lowest BCUT2D eigenvalue weighted by atomic mass is 9.76. The van der Waals surface area contributed by atoms with E-state index >= 15 is 0 Å². The molecule has 3 nitrogen and oxygen atoms in total. The van der Waals surface area contributed by atoms with Gasteiger partial charge in [-0.3, -0.25) is 0 Å². The van der Waals surface area contributed by atoms with E-state index in [-0.39, 0.29) is 0 Å². The van der Waals surface area contributed by atoms with Gasteiger partial charge in [-0.25, -0.2) is 4.98 Å². The van der Waals surface area contributed by atoms with Gasteiger partial charge in [0.05, 0.1) is 12.0 Å². The number of rotatable bonds is 5. The maximum atomic E-state index is 11.2. The van der Waals surface area contributed by atoms with E-state index in [4.69, 9.17) is 4.98 Å². The number of hydrogen-bond donors (Lipinski definition) is 1. The van der Waals surface area contributed by atoms with Gasteiger partial charge in [-0.15, -0.1) is 0 Å². The molecular formula is C26H24N2OS. The van der Waals surface area contributed by atoms with Crippen LogP contribution >= 0.6 is 11.8 Å². The smallest absolute Gasteiger partial charge is 0.121 e. The van der Waals surface area contributed by atoms with Gasteiger partial charge in [-0.2, -0.15) is 11.8 Å². The summed E-state index contributed by atoms with van der Waals surface area (Å²) in [5.74, 6) is 1.66. The van der Waals surface area contributed by atoms with Crippen LogP contribution in [-0.4, -0.2) is 26.2 Å². The number of benzene rings is 3. The first-order valence-corrected chi connectivity index (χ1v) is 11.4. The summed E-state index contributed by atoms with van der Waals surface area (Å²) in [5, 5.41) is 11.2. The predicted molar refractivity (Wildman–Crippen MR) is 123 cm³/mol. The van der Waals surface area contributed by atoms with Gasteiger partial charge in [0.15, 0.2) is 0 Å². The Hall–Kier alpha value is -2.82. The zero-order valence-corrected chi connectivity index (χ0v) is 17.5. The first-order chi connectivity index (χ1) is 14.7. The molecular weight excluding hydrogens is 388 g/mol. The molecule has 1 aromatic heterocycles. The van der Waals surface area contributed by atoms with Crippen LogP contribution in [0.3, 0.4) is 0 Å². The summed E-state index contributed by atoms with van der Waals surface area (Å²) in [5.41, 5.74) is 2.76. The Labute approximate surface area is 181 Å². The predicted octanol–water partition coefficient (Wildman–Crippen LogP) is 5.05. The molecule has 1 aliphatic heterocycles. The molecule has 2 heterocycles. The molecule has 1 aliphatic rings. The molecule has 0 aliphatic carbocycles. The van der Waals surface area contributed by atoms with Gasteiger partial charge in [0, 0.05) is 11.9 Å². The van der Waals surface area contributed by atoms with E-state index in [0.717, 1.165) is 34.6 Å². The number of imidazole rings is 1. The van der Waals surface area contributed by atoms with Crippen LogP contribution in [-0.2, 0) is 11.1 Å². The fourth-order valence-electron chi connectivity index (χ4n) is 4.49. The normalized spacial score (nSPS) is 19.1. The van der Waals surface area contributed by atoms with Crippen LogP contribution in [0.4, 0.5) is 0 Å². The van der Waals surface area contributed by atoms with Gasteiger partial charge < -0.3 is 9.67 Å². The number of hydrogen-bond acceptors (Lipinski definition) is 3. The average Bonchev–Trinajstić information content (AvgIpc) is 3.48. The van der Waals surface area contributed by atoms with Crippen molar-refractivity contribution in [1.82, 2.24) is 9.55 Å².